The van der Waals surface area contributed by atoms with Crippen molar-refractivity contribution in [3.05, 3.63) is 12.2 Å². The van der Waals surface area contributed by atoms with Crippen LogP contribution in [0.15, 0.2) is 12.2 Å². The fraction of sp³-hybridized carbons (Fsp3) is 0.833. The second-order valence-electron chi connectivity index (χ2n) is 4.18. The zero-order valence-electron chi connectivity index (χ0n) is 10.3. The van der Waals surface area contributed by atoms with Crippen LogP contribution in [-0.2, 0) is 4.74 Å². The zero-order chi connectivity index (χ0) is 11.3. The zero-order valence-corrected chi connectivity index (χ0v) is 10.3. The van der Waals surface area contributed by atoms with Crippen molar-refractivity contribution < 1.29 is 4.74 Å². The van der Waals surface area contributed by atoms with Gasteiger partial charge in [0, 0.05) is 13.1 Å². The highest BCUT2D eigenvalue weighted by atomic mass is 16.5. The lowest BCUT2D eigenvalue weighted by Gasteiger charge is -2.37. The monoisotopic (exact) mass is 212 g/mol. The maximum Gasteiger partial charge on any atom is 0.0893 e. The molecule has 15 heavy (non-hydrogen) atoms. The summed E-state index contributed by atoms with van der Waals surface area (Å²) < 4.78 is 5.82. The van der Waals surface area contributed by atoms with E-state index in [9.17, 15) is 0 Å². The van der Waals surface area contributed by atoms with Gasteiger partial charge in [0.2, 0.25) is 0 Å². The van der Waals surface area contributed by atoms with E-state index in [0.717, 1.165) is 32.8 Å². The highest BCUT2D eigenvalue weighted by Crippen LogP contribution is 2.13. The van der Waals surface area contributed by atoms with E-state index in [0.29, 0.717) is 6.04 Å². The second kappa shape index (κ2) is 6.26. The summed E-state index contributed by atoms with van der Waals surface area (Å²) >= 11 is 0. The number of hydrogen-bond donors (Lipinski definition) is 1. The lowest BCUT2D eigenvalue weighted by Crippen LogP contribution is -2.52. The minimum absolute atomic E-state index is 0.260. The van der Waals surface area contributed by atoms with Gasteiger partial charge in [0.05, 0.1) is 18.8 Å². The molecule has 2 atom stereocenters. The van der Waals surface area contributed by atoms with Crippen LogP contribution in [0.2, 0.25) is 0 Å². The van der Waals surface area contributed by atoms with Crippen LogP contribution in [-0.4, -0.2) is 49.8 Å². The summed E-state index contributed by atoms with van der Waals surface area (Å²) in [4.78, 5) is 2.43. The molecular formula is C12H24N2O. The van der Waals surface area contributed by atoms with E-state index >= 15 is 0 Å². The molecule has 88 valence electrons. The van der Waals surface area contributed by atoms with Gasteiger partial charge in [-0.1, -0.05) is 26.0 Å². The molecule has 1 N–H and O–H groups in total. The van der Waals surface area contributed by atoms with E-state index in [4.69, 9.17) is 4.74 Å². The van der Waals surface area contributed by atoms with E-state index in [1.807, 2.05) is 0 Å². The Morgan fingerprint density at radius 1 is 1.60 bits per heavy atom. The molecule has 1 heterocycles. The Bertz CT molecular complexity index is 206. The summed E-state index contributed by atoms with van der Waals surface area (Å²) in [5, 5.41) is 3.45. The maximum atomic E-state index is 5.82. The molecule has 0 aromatic carbocycles. The molecule has 1 aliphatic heterocycles. The molecule has 1 fully saturated rings. The maximum absolute atomic E-state index is 5.82. The smallest absolute Gasteiger partial charge is 0.0893 e. The molecule has 0 spiro atoms. The molecule has 0 aromatic rings. The van der Waals surface area contributed by atoms with E-state index in [1.165, 1.54) is 5.57 Å². The van der Waals surface area contributed by atoms with Crippen LogP contribution in [0, 0.1) is 0 Å². The fourth-order valence-corrected chi connectivity index (χ4v) is 2.06. The van der Waals surface area contributed by atoms with Crippen molar-refractivity contribution in [3.8, 4) is 0 Å². The van der Waals surface area contributed by atoms with E-state index in [-0.39, 0.29) is 6.10 Å². The van der Waals surface area contributed by atoms with Crippen molar-refractivity contribution in [2.24, 2.45) is 0 Å². The largest absolute Gasteiger partial charge is 0.374 e. The average Bonchev–Trinajstić information content (AvgIpc) is 2.25. The van der Waals surface area contributed by atoms with Crippen LogP contribution in [0.5, 0.6) is 0 Å². The average molecular weight is 212 g/mol. The first-order valence-electron chi connectivity index (χ1n) is 5.91. The first-order valence-corrected chi connectivity index (χ1v) is 5.91. The van der Waals surface area contributed by atoms with Crippen LogP contribution in [0.4, 0.5) is 0 Å². The fourth-order valence-electron chi connectivity index (χ4n) is 2.06. The molecule has 1 rings (SSSR count). The molecule has 0 aromatic heterocycles. The van der Waals surface area contributed by atoms with Gasteiger partial charge in [-0.2, -0.15) is 0 Å². The molecule has 0 radical (unpaired) electrons. The van der Waals surface area contributed by atoms with E-state index in [2.05, 4.69) is 37.6 Å². The highest BCUT2D eigenvalue weighted by Gasteiger charge is 2.27. The van der Waals surface area contributed by atoms with Gasteiger partial charge in [-0.3, -0.25) is 4.90 Å². The van der Waals surface area contributed by atoms with Crippen LogP contribution >= 0.6 is 0 Å². The molecule has 3 nitrogen and oxygen atoms in total. The van der Waals surface area contributed by atoms with Crippen molar-refractivity contribution in [2.75, 3.05) is 32.8 Å². The van der Waals surface area contributed by atoms with Gasteiger partial charge in [-0.15, -0.1) is 0 Å². The topological polar surface area (TPSA) is 24.5 Å². The highest BCUT2D eigenvalue weighted by molar-refractivity contribution is 5.06. The summed E-state index contributed by atoms with van der Waals surface area (Å²) in [5.41, 5.74) is 1.17. The SMILES string of the molecule is C=C(C)C(NCC)C1CN(CC)CCO1. The van der Waals surface area contributed by atoms with Gasteiger partial charge in [0.25, 0.3) is 0 Å². The van der Waals surface area contributed by atoms with E-state index in [1.54, 1.807) is 0 Å². The van der Waals surface area contributed by atoms with E-state index < -0.39 is 0 Å². The Kier molecular flexibility index (Phi) is 5.29. The predicted octanol–water partition coefficient (Wildman–Crippen LogP) is 1.26. The third-order valence-corrected chi connectivity index (χ3v) is 2.95. The van der Waals surface area contributed by atoms with Crippen molar-refractivity contribution in [2.45, 2.75) is 32.9 Å². The Morgan fingerprint density at radius 3 is 2.87 bits per heavy atom. The van der Waals surface area contributed by atoms with Gasteiger partial charge in [0.15, 0.2) is 0 Å². The molecule has 1 aliphatic rings. The Balaban J connectivity index is 2.54. The minimum atomic E-state index is 0.260. The molecule has 0 saturated carbocycles. The van der Waals surface area contributed by atoms with Crippen molar-refractivity contribution in [1.82, 2.24) is 10.2 Å². The van der Waals surface area contributed by atoms with Crippen molar-refractivity contribution >= 4 is 0 Å². The Hall–Kier alpha value is -0.380. The van der Waals surface area contributed by atoms with Gasteiger partial charge < -0.3 is 10.1 Å². The van der Waals surface area contributed by atoms with Crippen molar-refractivity contribution in [1.29, 1.82) is 0 Å². The number of morpholine rings is 1. The molecule has 0 bridgehead atoms. The first-order chi connectivity index (χ1) is 7.19. The van der Waals surface area contributed by atoms with Crippen LogP contribution in [0.1, 0.15) is 20.8 Å². The lowest BCUT2D eigenvalue weighted by molar-refractivity contribution is -0.0385. The number of nitrogens with zero attached hydrogens (tertiary/aromatic N) is 1. The summed E-state index contributed by atoms with van der Waals surface area (Å²) in [7, 11) is 0. The number of ether oxygens (including phenoxy) is 1. The van der Waals surface area contributed by atoms with Crippen LogP contribution < -0.4 is 5.32 Å². The molecular weight excluding hydrogens is 188 g/mol. The Morgan fingerprint density at radius 2 is 2.33 bits per heavy atom. The third kappa shape index (κ3) is 3.59. The quantitative estimate of drug-likeness (QED) is 0.694. The van der Waals surface area contributed by atoms with Gasteiger partial charge >= 0.3 is 0 Å². The molecule has 2 unspecified atom stereocenters. The number of hydrogen-bond acceptors (Lipinski definition) is 3. The Labute approximate surface area is 93.5 Å². The molecule has 0 aliphatic carbocycles. The predicted molar refractivity (Wildman–Crippen MR) is 64.1 cm³/mol. The van der Waals surface area contributed by atoms with Crippen LogP contribution in [0.3, 0.4) is 0 Å². The second-order valence-corrected chi connectivity index (χ2v) is 4.18. The lowest BCUT2D eigenvalue weighted by atomic mass is 10.0. The summed E-state index contributed by atoms with van der Waals surface area (Å²) in [5.74, 6) is 0. The summed E-state index contributed by atoms with van der Waals surface area (Å²) in [6.07, 6.45) is 0.260. The first kappa shape index (κ1) is 12.7. The normalized spacial score (nSPS) is 25.1. The summed E-state index contributed by atoms with van der Waals surface area (Å²) in [6.45, 7) is 15.4. The summed E-state index contributed by atoms with van der Waals surface area (Å²) in [6, 6.07) is 0.296. The standard InChI is InChI=1S/C12H24N2O/c1-5-13-12(10(3)4)11-9-14(6-2)7-8-15-11/h11-13H,3,5-9H2,1-2,4H3. The number of nitrogens with one attached hydrogen (secondary N) is 1. The molecule has 0 amide bonds. The molecule has 1 saturated heterocycles. The third-order valence-electron chi connectivity index (χ3n) is 2.95. The number of likely N-dealkylation sites (N-methyl/N-ethyl adjacent to an activating group) is 2. The molecule has 3 heteroatoms. The minimum Gasteiger partial charge on any atom is -0.374 e. The van der Waals surface area contributed by atoms with Gasteiger partial charge in [0.1, 0.15) is 0 Å². The van der Waals surface area contributed by atoms with Crippen LogP contribution in [0.25, 0.3) is 0 Å². The van der Waals surface area contributed by atoms with Gasteiger partial charge in [-0.25, -0.2) is 0 Å². The van der Waals surface area contributed by atoms with Gasteiger partial charge in [-0.05, 0) is 20.0 Å². The van der Waals surface area contributed by atoms with Crippen molar-refractivity contribution in [3.63, 3.8) is 0 Å². The number of rotatable bonds is 5.